The number of nitrogens with zero attached hydrogens (tertiary/aromatic N) is 2. The quantitative estimate of drug-likeness (QED) is 0.674. The van der Waals surface area contributed by atoms with Crippen molar-refractivity contribution in [2.75, 3.05) is 37.7 Å². The molecular weight excluding hydrogens is 258 g/mol. The summed E-state index contributed by atoms with van der Waals surface area (Å²) in [5, 5.41) is 14.2. The van der Waals surface area contributed by atoms with Gasteiger partial charge in [-0.3, -0.25) is 10.1 Å². The lowest BCUT2D eigenvalue weighted by Crippen LogP contribution is -2.40. The van der Waals surface area contributed by atoms with Gasteiger partial charge < -0.3 is 15.0 Å². The molecule has 1 aromatic carbocycles. The summed E-state index contributed by atoms with van der Waals surface area (Å²) in [5.74, 6) is 1.33. The smallest absolute Gasteiger partial charge is 0.273 e. The third-order valence-corrected chi connectivity index (χ3v) is 4.05. The van der Waals surface area contributed by atoms with E-state index in [9.17, 15) is 10.1 Å². The van der Waals surface area contributed by atoms with E-state index >= 15 is 0 Å². The van der Waals surface area contributed by atoms with Crippen molar-refractivity contribution in [2.45, 2.75) is 12.8 Å². The molecule has 6 heteroatoms. The molecule has 0 spiro atoms. The zero-order chi connectivity index (χ0) is 13.9. The van der Waals surface area contributed by atoms with Crippen LogP contribution in [0.1, 0.15) is 12.8 Å². The number of piperidine rings is 1. The van der Waals surface area contributed by atoms with Gasteiger partial charge in [0.05, 0.1) is 23.2 Å². The van der Waals surface area contributed by atoms with Gasteiger partial charge in [0.15, 0.2) is 0 Å². The predicted molar refractivity (Wildman–Crippen MR) is 76.4 cm³/mol. The molecule has 0 unspecified atom stereocenters. The molecule has 108 valence electrons. The molecule has 0 atom stereocenters. The van der Waals surface area contributed by atoms with Gasteiger partial charge in [0, 0.05) is 12.6 Å². The number of anilines is 1. The molecule has 2 aliphatic heterocycles. The third-order valence-electron chi connectivity index (χ3n) is 4.05. The van der Waals surface area contributed by atoms with Crippen LogP contribution in [0.5, 0.6) is 5.75 Å². The average Bonchev–Trinajstić information content (AvgIpc) is 2.48. The van der Waals surface area contributed by atoms with Crippen LogP contribution >= 0.6 is 0 Å². The van der Waals surface area contributed by atoms with E-state index < -0.39 is 0 Å². The van der Waals surface area contributed by atoms with Gasteiger partial charge in [0.1, 0.15) is 12.4 Å². The Bertz CT molecular complexity index is 500. The molecule has 0 saturated carbocycles. The summed E-state index contributed by atoms with van der Waals surface area (Å²) >= 11 is 0. The zero-order valence-electron chi connectivity index (χ0n) is 11.4. The normalized spacial score (nSPS) is 19.3. The Morgan fingerprint density at radius 3 is 2.95 bits per heavy atom. The van der Waals surface area contributed by atoms with Crippen molar-refractivity contribution in [3.63, 3.8) is 0 Å². The molecule has 0 bridgehead atoms. The van der Waals surface area contributed by atoms with E-state index in [0.717, 1.165) is 31.9 Å². The van der Waals surface area contributed by atoms with Crippen molar-refractivity contribution in [1.82, 2.24) is 5.32 Å². The standard InChI is InChI=1S/C14H19N3O3/c18-17(19)12-1-2-13-14(9-12)20-8-7-16(13)10-11-3-5-15-6-4-11/h1-2,9,11,15H,3-8,10H2. The summed E-state index contributed by atoms with van der Waals surface area (Å²) in [5.41, 5.74) is 1.08. The summed E-state index contributed by atoms with van der Waals surface area (Å²) in [6.07, 6.45) is 2.39. The summed E-state index contributed by atoms with van der Waals surface area (Å²) in [4.78, 5) is 12.7. The number of hydrogen-bond donors (Lipinski definition) is 1. The number of nitro groups is 1. The lowest BCUT2D eigenvalue weighted by atomic mass is 9.97. The summed E-state index contributed by atoms with van der Waals surface area (Å²) < 4.78 is 5.58. The maximum absolute atomic E-state index is 10.8. The monoisotopic (exact) mass is 277 g/mol. The third kappa shape index (κ3) is 2.70. The maximum Gasteiger partial charge on any atom is 0.273 e. The van der Waals surface area contributed by atoms with Crippen molar-refractivity contribution in [2.24, 2.45) is 5.92 Å². The molecule has 0 radical (unpaired) electrons. The van der Waals surface area contributed by atoms with Crippen molar-refractivity contribution in [1.29, 1.82) is 0 Å². The second kappa shape index (κ2) is 5.66. The van der Waals surface area contributed by atoms with E-state index in [-0.39, 0.29) is 10.6 Å². The number of benzene rings is 1. The molecule has 3 rings (SSSR count). The SMILES string of the molecule is O=[N+]([O-])c1ccc2c(c1)OCCN2CC1CCNCC1. The number of nitrogens with one attached hydrogen (secondary N) is 1. The van der Waals surface area contributed by atoms with E-state index in [0.29, 0.717) is 18.3 Å². The van der Waals surface area contributed by atoms with Gasteiger partial charge in [-0.05, 0) is 37.9 Å². The second-order valence-corrected chi connectivity index (χ2v) is 5.40. The van der Waals surface area contributed by atoms with Gasteiger partial charge in [-0.15, -0.1) is 0 Å². The van der Waals surface area contributed by atoms with Crippen LogP contribution in [0.15, 0.2) is 18.2 Å². The van der Waals surface area contributed by atoms with Crippen molar-refractivity contribution in [3.8, 4) is 5.75 Å². The Labute approximate surface area is 117 Å². The highest BCUT2D eigenvalue weighted by Gasteiger charge is 2.24. The van der Waals surface area contributed by atoms with Gasteiger partial charge in [0.25, 0.3) is 5.69 Å². The van der Waals surface area contributed by atoms with Crippen LogP contribution < -0.4 is 15.0 Å². The molecular formula is C14H19N3O3. The van der Waals surface area contributed by atoms with Gasteiger partial charge in [0.2, 0.25) is 0 Å². The summed E-state index contributed by atoms with van der Waals surface area (Å²) in [6.45, 7) is 4.63. The number of fused-ring (bicyclic) bond motifs is 1. The highest BCUT2D eigenvalue weighted by molar-refractivity contribution is 5.63. The number of ether oxygens (including phenoxy) is 1. The van der Waals surface area contributed by atoms with Crippen LogP contribution in [0.25, 0.3) is 0 Å². The Balaban J connectivity index is 1.77. The molecule has 0 amide bonds. The topological polar surface area (TPSA) is 67.6 Å². The van der Waals surface area contributed by atoms with E-state index in [1.54, 1.807) is 6.07 Å². The Morgan fingerprint density at radius 2 is 2.20 bits per heavy atom. The highest BCUT2D eigenvalue weighted by atomic mass is 16.6. The molecule has 6 nitrogen and oxygen atoms in total. The van der Waals surface area contributed by atoms with E-state index in [2.05, 4.69) is 10.2 Å². The van der Waals surface area contributed by atoms with Gasteiger partial charge in [-0.2, -0.15) is 0 Å². The van der Waals surface area contributed by atoms with Crippen molar-refractivity contribution in [3.05, 3.63) is 28.3 Å². The van der Waals surface area contributed by atoms with Crippen LogP contribution in [0.4, 0.5) is 11.4 Å². The van der Waals surface area contributed by atoms with Crippen molar-refractivity contribution < 1.29 is 9.66 Å². The minimum atomic E-state index is -0.380. The van der Waals surface area contributed by atoms with E-state index in [4.69, 9.17) is 4.74 Å². The van der Waals surface area contributed by atoms with Gasteiger partial charge >= 0.3 is 0 Å². The van der Waals surface area contributed by atoms with E-state index in [1.807, 2.05) is 6.07 Å². The molecule has 20 heavy (non-hydrogen) atoms. The van der Waals surface area contributed by atoms with E-state index in [1.165, 1.54) is 18.9 Å². The largest absolute Gasteiger partial charge is 0.489 e. The summed E-state index contributed by atoms with van der Waals surface area (Å²) in [6, 6.07) is 4.90. The highest BCUT2D eigenvalue weighted by Crippen LogP contribution is 2.35. The molecule has 1 aromatic rings. The molecule has 1 fully saturated rings. The minimum Gasteiger partial charge on any atom is -0.489 e. The summed E-state index contributed by atoms with van der Waals surface area (Å²) in [7, 11) is 0. The Morgan fingerprint density at radius 1 is 1.40 bits per heavy atom. The first kappa shape index (κ1) is 13.2. The lowest BCUT2D eigenvalue weighted by Gasteiger charge is -2.35. The molecule has 0 aliphatic carbocycles. The van der Waals surface area contributed by atoms with Crippen LogP contribution in [0.3, 0.4) is 0 Å². The Kier molecular flexibility index (Phi) is 3.73. The second-order valence-electron chi connectivity index (χ2n) is 5.40. The first-order valence-corrected chi connectivity index (χ1v) is 7.11. The molecule has 2 aliphatic rings. The first-order valence-electron chi connectivity index (χ1n) is 7.11. The van der Waals surface area contributed by atoms with Crippen LogP contribution in [0.2, 0.25) is 0 Å². The zero-order valence-corrected chi connectivity index (χ0v) is 11.4. The van der Waals surface area contributed by atoms with Gasteiger partial charge in [-0.25, -0.2) is 0 Å². The van der Waals surface area contributed by atoms with Crippen molar-refractivity contribution >= 4 is 11.4 Å². The maximum atomic E-state index is 10.8. The fraction of sp³-hybridized carbons (Fsp3) is 0.571. The van der Waals surface area contributed by atoms with Crippen LogP contribution in [-0.2, 0) is 0 Å². The van der Waals surface area contributed by atoms with Crippen LogP contribution in [-0.4, -0.2) is 37.7 Å². The molecule has 1 saturated heterocycles. The first-order chi connectivity index (χ1) is 9.74. The minimum absolute atomic E-state index is 0.0902. The van der Waals surface area contributed by atoms with Gasteiger partial charge in [-0.1, -0.05) is 0 Å². The Hall–Kier alpha value is -1.82. The molecule has 2 heterocycles. The number of hydrogen-bond acceptors (Lipinski definition) is 5. The van der Waals surface area contributed by atoms with Crippen LogP contribution in [0, 0.1) is 16.0 Å². The average molecular weight is 277 g/mol. The predicted octanol–water partition coefficient (Wildman–Crippen LogP) is 1.79. The molecule has 1 N–H and O–H groups in total. The fourth-order valence-corrected chi connectivity index (χ4v) is 2.95. The molecule has 0 aromatic heterocycles. The lowest BCUT2D eigenvalue weighted by molar-refractivity contribution is -0.384. The number of rotatable bonds is 3. The number of non-ortho nitro benzene ring substituents is 1. The number of nitro benzene ring substituents is 1. The fourth-order valence-electron chi connectivity index (χ4n) is 2.95.